The summed E-state index contributed by atoms with van der Waals surface area (Å²) < 4.78 is 12.4. The second-order valence-electron chi connectivity index (χ2n) is 5.77. The number of nitrogens with zero attached hydrogens (tertiary/aromatic N) is 3. The Morgan fingerprint density at radius 2 is 1.96 bits per heavy atom. The molecule has 0 atom stereocenters. The summed E-state index contributed by atoms with van der Waals surface area (Å²) in [6.45, 7) is 3.77. The number of ether oxygens (including phenoxy) is 2. The van der Waals surface area contributed by atoms with E-state index in [4.69, 9.17) is 9.47 Å². The number of anilines is 1. The van der Waals surface area contributed by atoms with Crippen LogP contribution in [0.4, 0.5) is 5.69 Å². The third kappa shape index (κ3) is 3.55. The molecule has 0 bridgehead atoms. The molecule has 0 saturated carbocycles. The maximum atomic E-state index is 12.1. The molecule has 0 radical (unpaired) electrons. The van der Waals surface area contributed by atoms with Gasteiger partial charge < -0.3 is 14.8 Å². The molecule has 1 amide bonds. The fourth-order valence-electron chi connectivity index (χ4n) is 2.66. The molecule has 3 aromatic rings. The van der Waals surface area contributed by atoms with E-state index in [0.717, 1.165) is 28.0 Å². The van der Waals surface area contributed by atoms with Crippen molar-refractivity contribution in [3.63, 3.8) is 0 Å². The Morgan fingerprint density at radius 1 is 1.24 bits per heavy atom. The third-order valence-corrected chi connectivity index (χ3v) is 3.80. The summed E-state index contributed by atoms with van der Waals surface area (Å²) in [6.07, 6.45) is 0. The maximum absolute atomic E-state index is 12.1. The Morgan fingerprint density at radius 3 is 2.64 bits per heavy atom. The number of rotatable bonds is 5. The number of methoxy groups -OCH3 is 1. The fraction of sp³-hybridized carbons (Fsp3) is 0.278. The topological polar surface area (TPSA) is 78.3 Å². The third-order valence-electron chi connectivity index (χ3n) is 3.80. The molecule has 7 heteroatoms. The van der Waals surface area contributed by atoms with Gasteiger partial charge in [0.05, 0.1) is 12.5 Å². The van der Waals surface area contributed by atoms with Crippen LogP contribution < -0.4 is 14.8 Å². The van der Waals surface area contributed by atoms with E-state index in [0.29, 0.717) is 11.6 Å². The van der Waals surface area contributed by atoms with Crippen molar-refractivity contribution in [3.05, 3.63) is 41.6 Å². The van der Waals surface area contributed by atoms with E-state index < -0.39 is 0 Å². The van der Waals surface area contributed by atoms with E-state index in [9.17, 15) is 4.79 Å². The standard InChI is InChI=1S/C18H20N4O3/c1-11-9-12(2)19-17-16(11)18(21-22(17)3)25-10-15(23)20-13-5-7-14(24-4)8-6-13/h5-9H,10H2,1-4H3,(H,20,23). The quantitative estimate of drug-likeness (QED) is 0.772. The number of hydrogen-bond donors (Lipinski definition) is 1. The molecule has 0 aliphatic carbocycles. The first-order valence-electron chi connectivity index (χ1n) is 7.85. The normalized spacial score (nSPS) is 10.7. The van der Waals surface area contributed by atoms with Crippen LogP contribution in [0.2, 0.25) is 0 Å². The van der Waals surface area contributed by atoms with Gasteiger partial charge in [0.2, 0.25) is 5.88 Å². The van der Waals surface area contributed by atoms with Crippen molar-refractivity contribution in [3.8, 4) is 11.6 Å². The predicted molar refractivity (Wildman–Crippen MR) is 95.1 cm³/mol. The molecule has 3 rings (SSSR count). The lowest BCUT2D eigenvalue weighted by atomic mass is 10.2. The molecule has 7 nitrogen and oxygen atoms in total. The van der Waals surface area contributed by atoms with Gasteiger partial charge in [0.15, 0.2) is 12.3 Å². The number of amides is 1. The molecular formula is C18H20N4O3. The number of hydrogen-bond acceptors (Lipinski definition) is 5. The molecule has 130 valence electrons. The van der Waals surface area contributed by atoms with Gasteiger partial charge in [-0.15, -0.1) is 5.10 Å². The largest absolute Gasteiger partial charge is 0.497 e. The average molecular weight is 340 g/mol. The summed E-state index contributed by atoms with van der Waals surface area (Å²) in [7, 11) is 3.40. The number of carbonyl (C=O) groups excluding carboxylic acids is 1. The lowest BCUT2D eigenvalue weighted by Gasteiger charge is -2.07. The molecule has 1 N–H and O–H groups in total. The van der Waals surface area contributed by atoms with Gasteiger partial charge in [0, 0.05) is 18.4 Å². The number of pyridine rings is 1. The van der Waals surface area contributed by atoms with Gasteiger partial charge in [-0.2, -0.15) is 0 Å². The summed E-state index contributed by atoms with van der Waals surface area (Å²) in [5.41, 5.74) is 3.34. The second-order valence-corrected chi connectivity index (χ2v) is 5.77. The highest BCUT2D eigenvalue weighted by molar-refractivity contribution is 5.92. The van der Waals surface area contributed by atoms with E-state index in [1.54, 1.807) is 43.1 Å². The van der Waals surface area contributed by atoms with Crippen LogP contribution in [0.25, 0.3) is 11.0 Å². The van der Waals surface area contributed by atoms with Gasteiger partial charge in [-0.25, -0.2) is 9.67 Å². The van der Waals surface area contributed by atoms with Gasteiger partial charge in [0.1, 0.15) is 5.75 Å². The number of carbonyl (C=O) groups is 1. The maximum Gasteiger partial charge on any atom is 0.262 e. The first-order chi connectivity index (χ1) is 12.0. The van der Waals surface area contributed by atoms with Crippen molar-refractivity contribution >= 4 is 22.6 Å². The van der Waals surface area contributed by atoms with Crippen LogP contribution in [-0.4, -0.2) is 34.4 Å². The highest BCUT2D eigenvalue weighted by atomic mass is 16.5. The van der Waals surface area contributed by atoms with Crippen LogP contribution in [0.1, 0.15) is 11.3 Å². The Labute approximate surface area is 145 Å². The summed E-state index contributed by atoms with van der Waals surface area (Å²) in [4.78, 5) is 16.6. The summed E-state index contributed by atoms with van der Waals surface area (Å²) in [6, 6.07) is 9.06. The summed E-state index contributed by atoms with van der Waals surface area (Å²) >= 11 is 0. The van der Waals surface area contributed by atoms with Crippen LogP contribution in [-0.2, 0) is 11.8 Å². The van der Waals surface area contributed by atoms with E-state index >= 15 is 0 Å². The van der Waals surface area contributed by atoms with Gasteiger partial charge >= 0.3 is 0 Å². The molecule has 2 aromatic heterocycles. The average Bonchev–Trinajstić information content (AvgIpc) is 2.90. The van der Waals surface area contributed by atoms with E-state index in [2.05, 4.69) is 15.4 Å². The monoisotopic (exact) mass is 340 g/mol. The number of fused-ring (bicyclic) bond motifs is 1. The van der Waals surface area contributed by atoms with Crippen LogP contribution >= 0.6 is 0 Å². The lowest BCUT2D eigenvalue weighted by Crippen LogP contribution is -2.20. The van der Waals surface area contributed by atoms with Gasteiger partial charge in [0.25, 0.3) is 5.91 Å². The molecule has 2 heterocycles. The minimum absolute atomic E-state index is 0.133. The smallest absolute Gasteiger partial charge is 0.262 e. The van der Waals surface area contributed by atoms with Crippen molar-refractivity contribution in [2.24, 2.45) is 7.05 Å². The van der Waals surface area contributed by atoms with Crippen LogP contribution in [0.15, 0.2) is 30.3 Å². The first-order valence-corrected chi connectivity index (χ1v) is 7.85. The highest BCUT2D eigenvalue weighted by Crippen LogP contribution is 2.27. The Hall–Kier alpha value is -3.09. The molecule has 0 fully saturated rings. The minimum atomic E-state index is -0.262. The van der Waals surface area contributed by atoms with Gasteiger partial charge in [-0.3, -0.25) is 4.79 Å². The van der Waals surface area contributed by atoms with Crippen molar-refractivity contribution in [2.75, 3.05) is 19.0 Å². The number of benzene rings is 1. The van der Waals surface area contributed by atoms with Gasteiger partial charge in [-0.1, -0.05) is 0 Å². The molecule has 0 saturated heterocycles. The lowest BCUT2D eigenvalue weighted by molar-refractivity contribution is -0.118. The van der Waals surface area contributed by atoms with Crippen molar-refractivity contribution in [1.29, 1.82) is 0 Å². The van der Waals surface area contributed by atoms with Gasteiger partial charge in [-0.05, 0) is 49.7 Å². The summed E-state index contributed by atoms with van der Waals surface area (Å²) in [5.74, 6) is 0.876. The molecule has 25 heavy (non-hydrogen) atoms. The highest BCUT2D eigenvalue weighted by Gasteiger charge is 2.15. The Kier molecular flexibility index (Phi) is 4.56. The van der Waals surface area contributed by atoms with E-state index in [-0.39, 0.29) is 12.5 Å². The molecular weight excluding hydrogens is 320 g/mol. The molecule has 0 spiro atoms. The SMILES string of the molecule is COc1ccc(NC(=O)COc2nn(C)c3nc(C)cc(C)c23)cc1. The second kappa shape index (κ2) is 6.80. The first kappa shape index (κ1) is 16.8. The summed E-state index contributed by atoms with van der Waals surface area (Å²) in [5, 5.41) is 7.93. The zero-order valence-corrected chi connectivity index (χ0v) is 14.7. The molecule has 0 aliphatic heterocycles. The predicted octanol–water partition coefficient (Wildman–Crippen LogP) is 2.61. The zero-order valence-electron chi connectivity index (χ0n) is 14.7. The van der Waals surface area contributed by atoms with E-state index in [1.165, 1.54) is 0 Å². The molecule has 0 unspecified atom stereocenters. The number of aromatic nitrogens is 3. The van der Waals surface area contributed by atoms with Crippen LogP contribution in [0, 0.1) is 13.8 Å². The Bertz CT molecular complexity index is 916. The number of aryl methyl sites for hydroxylation is 3. The minimum Gasteiger partial charge on any atom is -0.497 e. The zero-order chi connectivity index (χ0) is 18.0. The van der Waals surface area contributed by atoms with Crippen molar-refractivity contribution in [1.82, 2.24) is 14.8 Å². The fourth-order valence-corrected chi connectivity index (χ4v) is 2.66. The molecule has 0 aliphatic rings. The van der Waals surface area contributed by atoms with E-state index in [1.807, 2.05) is 19.9 Å². The van der Waals surface area contributed by atoms with Crippen LogP contribution in [0.5, 0.6) is 11.6 Å². The van der Waals surface area contributed by atoms with Crippen LogP contribution in [0.3, 0.4) is 0 Å². The van der Waals surface area contributed by atoms with Crippen molar-refractivity contribution < 1.29 is 14.3 Å². The molecule has 1 aromatic carbocycles. The van der Waals surface area contributed by atoms with Crippen molar-refractivity contribution in [2.45, 2.75) is 13.8 Å². The number of nitrogens with one attached hydrogen (secondary N) is 1. The Balaban J connectivity index is 1.70.